The lowest BCUT2D eigenvalue weighted by Crippen LogP contribution is -1.86. The third kappa shape index (κ3) is 1.19. The van der Waals surface area contributed by atoms with Crippen LogP contribution in [-0.2, 0) is 6.42 Å². The molecule has 0 saturated heterocycles. The molecule has 2 aromatic rings. The van der Waals surface area contributed by atoms with Gasteiger partial charge in [-0.25, -0.2) is 0 Å². The van der Waals surface area contributed by atoms with Gasteiger partial charge in [-0.3, -0.25) is 4.98 Å². The van der Waals surface area contributed by atoms with Gasteiger partial charge in [-0.1, -0.05) is 18.2 Å². The fourth-order valence-electron chi connectivity index (χ4n) is 2.28. The molecule has 0 unspecified atom stereocenters. The van der Waals surface area contributed by atoms with Crippen LogP contribution in [-0.4, -0.2) is 4.98 Å². The van der Waals surface area contributed by atoms with E-state index in [-0.39, 0.29) is 0 Å². The van der Waals surface area contributed by atoms with E-state index in [0.717, 1.165) is 6.42 Å². The number of hydrogen-bond donors (Lipinski definition) is 0. The fraction of sp³-hybridized carbons (Fsp3) is 0.214. The molecule has 1 heterocycles. The molecular formula is C14H13N. The zero-order valence-corrected chi connectivity index (χ0v) is 9.04. The molecule has 1 heteroatoms. The minimum Gasteiger partial charge on any atom is -0.260 e. The summed E-state index contributed by atoms with van der Waals surface area (Å²) in [6.07, 6.45) is 2.87. The first-order chi connectivity index (χ1) is 7.25. The van der Waals surface area contributed by atoms with E-state index in [1.165, 1.54) is 33.5 Å². The monoisotopic (exact) mass is 195 g/mol. The number of aromatic nitrogens is 1. The topological polar surface area (TPSA) is 12.9 Å². The Hall–Kier alpha value is -1.63. The van der Waals surface area contributed by atoms with Crippen LogP contribution >= 0.6 is 0 Å². The summed E-state index contributed by atoms with van der Waals surface area (Å²) in [5.41, 5.74) is 8.08. The van der Waals surface area contributed by atoms with E-state index in [2.05, 4.69) is 37.0 Å². The van der Waals surface area contributed by atoms with Crippen molar-refractivity contribution in [2.24, 2.45) is 0 Å². The lowest BCUT2D eigenvalue weighted by Gasteiger charge is -2.05. The molecule has 0 saturated carbocycles. The maximum atomic E-state index is 4.43. The predicted molar refractivity (Wildman–Crippen MR) is 62.0 cm³/mol. The zero-order valence-electron chi connectivity index (χ0n) is 9.04. The molecular weight excluding hydrogens is 182 g/mol. The predicted octanol–water partition coefficient (Wildman–Crippen LogP) is 3.27. The Morgan fingerprint density at radius 1 is 1.07 bits per heavy atom. The zero-order chi connectivity index (χ0) is 10.4. The van der Waals surface area contributed by atoms with E-state index in [1.807, 2.05) is 12.3 Å². The summed E-state index contributed by atoms with van der Waals surface area (Å²) in [4.78, 5) is 4.43. The van der Waals surface area contributed by atoms with Crippen molar-refractivity contribution in [1.29, 1.82) is 0 Å². The second-order valence-electron chi connectivity index (χ2n) is 4.27. The van der Waals surface area contributed by atoms with Gasteiger partial charge in [0.1, 0.15) is 0 Å². The third-order valence-electron chi connectivity index (χ3n) is 3.26. The average molecular weight is 195 g/mol. The highest BCUT2D eigenvalue weighted by atomic mass is 14.7. The highest BCUT2D eigenvalue weighted by Gasteiger charge is 2.19. The molecule has 0 N–H and O–H groups in total. The van der Waals surface area contributed by atoms with E-state index < -0.39 is 0 Å². The van der Waals surface area contributed by atoms with Crippen molar-refractivity contribution in [2.75, 3.05) is 0 Å². The Morgan fingerprint density at radius 3 is 2.73 bits per heavy atom. The van der Waals surface area contributed by atoms with Gasteiger partial charge in [-0.2, -0.15) is 0 Å². The van der Waals surface area contributed by atoms with Crippen LogP contribution in [0.1, 0.15) is 22.4 Å². The van der Waals surface area contributed by atoms with Crippen molar-refractivity contribution >= 4 is 0 Å². The first-order valence-corrected chi connectivity index (χ1v) is 5.30. The number of benzene rings is 1. The maximum absolute atomic E-state index is 4.43. The fourth-order valence-corrected chi connectivity index (χ4v) is 2.28. The minimum absolute atomic E-state index is 0.993. The molecule has 1 aromatic heterocycles. The molecule has 0 amide bonds. The maximum Gasteiger partial charge on any atom is 0.0525 e. The van der Waals surface area contributed by atoms with Crippen molar-refractivity contribution in [2.45, 2.75) is 20.3 Å². The highest BCUT2D eigenvalue weighted by molar-refractivity contribution is 5.76. The number of nitrogens with zero attached hydrogens (tertiary/aromatic N) is 1. The second-order valence-corrected chi connectivity index (χ2v) is 4.27. The van der Waals surface area contributed by atoms with Crippen LogP contribution in [0.4, 0.5) is 0 Å². The van der Waals surface area contributed by atoms with Crippen molar-refractivity contribution in [3.63, 3.8) is 0 Å². The summed E-state index contributed by atoms with van der Waals surface area (Å²) >= 11 is 0. The Morgan fingerprint density at radius 2 is 1.87 bits per heavy atom. The van der Waals surface area contributed by atoms with Crippen molar-refractivity contribution in [3.05, 3.63) is 52.8 Å². The largest absolute Gasteiger partial charge is 0.260 e. The van der Waals surface area contributed by atoms with Crippen LogP contribution in [0.15, 0.2) is 30.5 Å². The third-order valence-corrected chi connectivity index (χ3v) is 3.26. The Kier molecular flexibility index (Phi) is 1.69. The quantitative estimate of drug-likeness (QED) is 0.536. The van der Waals surface area contributed by atoms with Crippen LogP contribution < -0.4 is 0 Å². The molecule has 1 aliphatic carbocycles. The van der Waals surface area contributed by atoms with E-state index in [9.17, 15) is 0 Å². The van der Waals surface area contributed by atoms with Gasteiger partial charge in [0.05, 0.1) is 5.69 Å². The molecule has 15 heavy (non-hydrogen) atoms. The summed E-state index contributed by atoms with van der Waals surface area (Å²) in [6, 6.07) is 8.77. The molecule has 1 aromatic carbocycles. The van der Waals surface area contributed by atoms with Gasteiger partial charge in [0, 0.05) is 18.2 Å². The first-order valence-electron chi connectivity index (χ1n) is 5.30. The number of aryl methyl sites for hydroxylation is 2. The normalized spacial score (nSPS) is 12.4. The van der Waals surface area contributed by atoms with Crippen LogP contribution in [0, 0.1) is 13.8 Å². The first kappa shape index (κ1) is 8.66. The average Bonchev–Trinajstić information content (AvgIpc) is 2.57. The van der Waals surface area contributed by atoms with Crippen LogP contribution in [0.3, 0.4) is 0 Å². The molecule has 0 atom stereocenters. The van der Waals surface area contributed by atoms with Crippen molar-refractivity contribution in [3.8, 4) is 11.1 Å². The Labute approximate surface area is 89.8 Å². The molecule has 0 spiro atoms. The number of hydrogen-bond acceptors (Lipinski definition) is 1. The summed E-state index contributed by atoms with van der Waals surface area (Å²) in [5, 5.41) is 0. The molecule has 3 rings (SSSR count). The smallest absolute Gasteiger partial charge is 0.0525 e. The minimum atomic E-state index is 0.993. The van der Waals surface area contributed by atoms with Gasteiger partial charge in [-0.15, -0.1) is 0 Å². The molecule has 1 nitrogen and oxygen atoms in total. The van der Waals surface area contributed by atoms with E-state index in [4.69, 9.17) is 0 Å². The van der Waals surface area contributed by atoms with Gasteiger partial charge in [0.25, 0.3) is 0 Å². The van der Waals surface area contributed by atoms with Gasteiger partial charge < -0.3 is 0 Å². The molecule has 0 bridgehead atoms. The standard InChI is InChI=1S/C14H13N/c1-9-6-11-8-14-12(4-3-5-15-14)13(11)7-10(9)2/h3-7H,8H2,1-2H3. The molecule has 74 valence electrons. The Balaban J connectivity index is 2.29. The van der Waals surface area contributed by atoms with Gasteiger partial charge in [0.2, 0.25) is 0 Å². The van der Waals surface area contributed by atoms with E-state index in [1.54, 1.807) is 0 Å². The van der Waals surface area contributed by atoms with Crippen LogP contribution in [0.5, 0.6) is 0 Å². The molecule has 0 fully saturated rings. The van der Waals surface area contributed by atoms with Gasteiger partial charge in [0.15, 0.2) is 0 Å². The summed E-state index contributed by atoms with van der Waals surface area (Å²) in [5.74, 6) is 0. The number of rotatable bonds is 0. The molecule has 1 aliphatic rings. The van der Waals surface area contributed by atoms with E-state index in [0.29, 0.717) is 0 Å². The van der Waals surface area contributed by atoms with Crippen molar-refractivity contribution in [1.82, 2.24) is 4.98 Å². The number of pyridine rings is 1. The SMILES string of the molecule is Cc1cc2c(cc1C)-c1cccnc1C2. The lowest BCUT2D eigenvalue weighted by atomic mass is 10.00. The highest BCUT2D eigenvalue weighted by Crippen LogP contribution is 2.36. The summed E-state index contributed by atoms with van der Waals surface area (Å²) < 4.78 is 0. The molecule has 0 aliphatic heterocycles. The lowest BCUT2D eigenvalue weighted by molar-refractivity contribution is 1.12. The summed E-state index contributed by atoms with van der Waals surface area (Å²) in [7, 11) is 0. The molecule has 0 radical (unpaired) electrons. The van der Waals surface area contributed by atoms with Crippen LogP contribution in [0.2, 0.25) is 0 Å². The van der Waals surface area contributed by atoms with Gasteiger partial charge >= 0.3 is 0 Å². The van der Waals surface area contributed by atoms with E-state index >= 15 is 0 Å². The Bertz CT molecular complexity index is 541. The van der Waals surface area contributed by atoms with Gasteiger partial charge in [-0.05, 0) is 42.2 Å². The van der Waals surface area contributed by atoms with Crippen LogP contribution in [0.25, 0.3) is 11.1 Å². The van der Waals surface area contributed by atoms with Crippen molar-refractivity contribution < 1.29 is 0 Å². The summed E-state index contributed by atoms with van der Waals surface area (Å²) in [6.45, 7) is 4.34. The number of fused-ring (bicyclic) bond motifs is 3. The second kappa shape index (κ2) is 2.93.